The van der Waals surface area contributed by atoms with Crippen LogP contribution in [0.25, 0.3) is 0 Å². The molecule has 0 spiro atoms. The second-order valence-corrected chi connectivity index (χ2v) is 7.19. The third-order valence-corrected chi connectivity index (χ3v) is 4.46. The molecule has 23 heavy (non-hydrogen) atoms. The van der Waals surface area contributed by atoms with Crippen LogP contribution in [0.1, 0.15) is 26.7 Å². The second kappa shape index (κ2) is 7.98. The maximum absolute atomic E-state index is 12.2. The fourth-order valence-corrected chi connectivity index (χ4v) is 3.34. The summed E-state index contributed by atoms with van der Waals surface area (Å²) in [6.07, 6.45) is -4.04. The van der Waals surface area contributed by atoms with Crippen LogP contribution in [0.5, 0.6) is 5.75 Å². The molecule has 0 aliphatic carbocycles. The van der Waals surface area contributed by atoms with Crippen molar-refractivity contribution in [2.75, 3.05) is 6.61 Å². The highest BCUT2D eigenvalue weighted by Gasteiger charge is 2.31. The van der Waals surface area contributed by atoms with Gasteiger partial charge in [0.25, 0.3) is 0 Å². The molecule has 0 bridgehead atoms. The van der Waals surface area contributed by atoms with Crippen molar-refractivity contribution in [2.24, 2.45) is 5.92 Å². The Morgan fingerprint density at radius 2 is 1.78 bits per heavy atom. The predicted octanol–water partition coefficient (Wildman–Crippen LogP) is 2.66. The number of hydrogen-bond acceptors (Lipinski definition) is 4. The van der Waals surface area contributed by atoms with Crippen LogP contribution < -0.4 is 9.46 Å². The summed E-state index contributed by atoms with van der Waals surface area (Å²) in [6.45, 7) is 3.67. The van der Waals surface area contributed by atoms with E-state index in [4.69, 9.17) is 5.11 Å². The van der Waals surface area contributed by atoms with Crippen molar-refractivity contribution in [1.82, 2.24) is 4.72 Å². The van der Waals surface area contributed by atoms with Gasteiger partial charge < -0.3 is 9.84 Å². The molecule has 132 valence electrons. The summed E-state index contributed by atoms with van der Waals surface area (Å²) in [7, 11) is -3.89. The maximum atomic E-state index is 12.2. The molecule has 0 heterocycles. The molecule has 0 saturated carbocycles. The van der Waals surface area contributed by atoms with Crippen molar-refractivity contribution in [1.29, 1.82) is 0 Å². The first-order chi connectivity index (χ1) is 10.5. The number of rotatable bonds is 8. The molecule has 2 N–H and O–H groups in total. The van der Waals surface area contributed by atoms with Crippen LogP contribution in [-0.4, -0.2) is 32.5 Å². The first-order valence-corrected chi connectivity index (χ1v) is 8.51. The van der Waals surface area contributed by atoms with Crippen molar-refractivity contribution in [3.63, 3.8) is 0 Å². The van der Waals surface area contributed by atoms with Crippen molar-refractivity contribution in [2.45, 2.75) is 44.0 Å². The van der Waals surface area contributed by atoms with Gasteiger partial charge in [-0.3, -0.25) is 0 Å². The molecule has 0 saturated heterocycles. The number of ether oxygens (including phenoxy) is 1. The summed E-state index contributed by atoms with van der Waals surface area (Å²) in [5.74, 6) is -0.276. The number of alkyl halides is 3. The van der Waals surface area contributed by atoms with Gasteiger partial charge in [-0.25, -0.2) is 13.1 Å². The average Bonchev–Trinajstić information content (AvgIpc) is 2.36. The van der Waals surface area contributed by atoms with E-state index in [1.165, 1.54) is 0 Å². The highest BCUT2D eigenvalue weighted by molar-refractivity contribution is 7.89. The zero-order valence-corrected chi connectivity index (χ0v) is 13.6. The molecule has 1 aromatic rings. The summed E-state index contributed by atoms with van der Waals surface area (Å²) in [5.41, 5.74) is 0. The molecule has 1 rings (SSSR count). The Morgan fingerprint density at radius 1 is 1.22 bits per heavy atom. The normalized spacial score (nSPS) is 14.0. The highest BCUT2D eigenvalue weighted by Crippen LogP contribution is 2.24. The van der Waals surface area contributed by atoms with Gasteiger partial charge in [-0.2, -0.15) is 0 Å². The minimum absolute atomic E-state index is 0.168. The van der Waals surface area contributed by atoms with Crippen LogP contribution in [-0.2, 0) is 10.0 Å². The van der Waals surface area contributed by atoms with Crippen LogP contribution in [0.15, 0.2) is 29.2 Å². The lowest BCUT2D eigenvalue weighted by Gasteiger charge is -2.19. The topological polar surface area (TPSA) is 75.6 Å². The van der Waals surface area contributed by atoms with Crippen LogP contribution in [0.4, 0.5) is 13.2 Å². The van der Waals surface area contributed by atoms with Crippen molar-refractivity contribution < 1.29 is 31.4 Å². The standard InChI is InChI=1S/C14H20F3NO4S/c1-10(2)9-11(7-8-19)18-23(20,21)13-5-3-12(4-6-13)22-14(15,16)17/h3-6,10-11,18-19H,7-9H2,1-2H3/t11-/m0/s1. The average molecular weight is 355 g/mol. The van der Waals surface area contributed by atoms with Gasteiger partial charge >= 0.3 is 6.36 Å². The summed E-state index contributed by atoms with van der Waals surface area (Å²) in [5, 5.41) is 9.00. The molecule has 0 radical (unpaired) electrons. The number of halogens is 3. The monoisotopic (exact) mass is 355 g/mol. The zero-order valence-electron chi connectivity index (χ0n) is 12.8. The lowest BCUT2D eigenvalue weighted by Crippen LogP contribution is -2.36. The van der Waals surface area contributed by atoms with Gasteiger partial charge in [0.2, 0.25) is 10.0 Å². The second-order valence-electron chi connectivity index (χ2n) is 5.48. The molecule has 0 aromatic heterocycles. The third kappa shape index (κ3) is 7.19. The zero-order chi connectivity index (χ0) is 17.7. The lowest BCUT2D eigenvalue weighted by molar-refractivity contribution is -0.274. The molecule has 0 unspecified atom stereocenters. The highest BCUT2D eigenvalue weighted by atomic mass is 32.2. The fourth-order valence-electron chi connectivity index (χ4n) is 2.06. The van der Waals surface area contributed by atoms with Crippen molar-refractivity contribution >= 4 is 10.0 Å². The van der Waals surface area contributed by atoms with E-state index in [9.17, 15) is 21.6 Å². The molecular weight excluding hydrogens is 335 g/mol. The summed E-state index contributed by atoms with van der Waals surface area (Å²) < 4.78 is 66.9. The van der Waals surface area contributed by atoms with Crippen molar-refractivity contribution in [3.05, 3.63) is 24.3 Å². The molecular formula is C14H20F3NO4S. The van der Waals surface area contributed by atoms with Gasteiger partial charge in [0.05, 0.1) is 4.90 Å². The predicted molar refractivity (Wildman–Crippen MR) is 78.4 cm³/mol. The molecule has 0 fully saturated rings. The van der Waals surface area contributed by atoms with E-state index in [2.05, 4.69) is 9.46 Å². The number of sulfonamides is 1. The number of benzene rings is 1. The van der Waals surface area contributed by atoms with E-state index < -0.39 is 28.2 Å². The minimum Gasteiger partial charge on any atom is -0.406 e. The molecule has 0 aliphatic heterocycles. The third-order valence-electron chi connectivity index (χ3n) is 2.92. The smallest absolute Gasteiger partial charge is 0.406 e. The molecule has 0 aliphatic rings. The van der Waals surface area contributed by atoms with E-state index in [1.54, 1.807) is 0 Å². The molecule has 5 nitrogen and oxygen atoms in total. The van der Waals surface area contributed by atoms with Crippen LogP contribution in [0.3, 0.4) is 0 Å². The molecule has 1 atom stereocenters. The Hall–Kier alpha value is -1.32. The molecule has 1 aromatic carbocycles. The van der Waals surface area contributed by atoms with Crippen molar-refractivity contribution in [3.8, 4) is 5.75 Å². The molecule has 0 amide bonds. The Labute approximate surface area is 133 Å². The first kappa shape index (κ1) is 19.7. The van der Waals surface area contributed by atoms with E-state index >= 15 is 0 Å². The molecule has 9 heteroatoms. The Morgan fingerprint density at radius 3 is 2.22 bits per heavy atom. The van der Waals surface area contributed by atoms with E-state index in [1.807, 2.05) is 13.8 Å². The summed E-state index contributed by atoms with van der Waals surface area (Å²) in [6, 6.07) is 3.50. The van der Waals surface area contributed by atoms with Gasteiger partial charge in [-0.15, -0.1) is 13.2 Å². The summed E-state index contributed by atoms with van der Waals surface area (Å²) >= 11 is 0. The lowest BCUT2D eigenvalue weighted by atomic mass is 10.0. The number of nitrogens with one attached hydrogen (secondary N) is 1. The van der Waals surface area contributed by atoms with Gasteiger partial charge in [0, 0.05) is 12.6 Å². The number of aliphatic hydroxyl groups is 1. The van der Waals surface area contributed by atoms with Gasteiger partial charge in [-0.05, 0) is 43.0 Å². The Balaban J connectivity index is 2.86. The van der Waals surface area contributed by atoms with E-state index in [0.717, 1.165) is 24.3 Å². The largest absolute Gasteiger partial charge is 0.573 e. The fraction of sp³-hybridized carbons (Fsp3) is 0.571. The van der Waals surface area contributed by atoms with Crippen LogP contribution in [0, 0.1) is 5.92 Å². The van der Waals surface area contributed by atoms with Gasteiger partial charge in [0.1, 0.15) is 5.75 Å². The first-order valence-electron chi connectivity index (χ1n) is 7.02. The van der Waals surface area contributed by atoms with Crippen LogP contribution >= 0.6 is 0 Å². The minimum atomic E-state index is -4.83. The Bertz CT molecular complexity index is 585. The number of aliphatic hydroxyl groups excluding tert-OH is 1. The van der Waals surface area contributed by atoms with Gasteiger partial charge in [0.15, 0.2) is 0 Å². The maximum Gasteiger partial charge on any atom is 0.573 e. The Kier molecular flexibility index (Phi) is 6.84. The number of hydrogen-bond donors (Lipinski definition) is 2. The van der Waals surface area contributed by atoms with E-state index in [-0.39, 0.29) is 23.8 Å². The SMILES string of the molecule is CC(C)C[C@H](CCO)NS(=O)(=O)c1ccc(OC(F)(F)F)cc1. The van der Waals surface area contributed by atoms with E-state index in [0.29, 0.717) is 6.42 Å². The quantitative estimate of drug-likeness (QED) is 0.752. The summed E-state index contributed by atoms with van der Waals surface area (Å²) in [4.78, 5) is -0.168. The van der Waals surface area contributed by atoms with Crippen LogP contribution in [0.2, 0.25) is 0 Å². The van der Waals surface area contributed by atoms with Gasteiger partial charge in [-0.1, -0.05) is 13.8 Å².